The van der Waals surface area contributed by atoms with E-state index in [1.807, 2.05) is 24.4 Å². The van der Waals surface area contributed by atoms with E-state index in [9.17, 15) is 0 Å². The largest absolute Gasteiger partial charge is 0.398 e. The Labute approximate surface area is 79.8 Å². The fourth-order valence-electron chi connectivity index (χ4n) is 1.31. The zero-order valence-corrected chi connectivity index (χ0v) is 8.17. The normalized spacial score (nSPS) is 10.8. The lowest BCUT2D eigenvalue weighted by Crippen LogP contribution is -1.83. The lowest BCUT2D eigenvalue weighted by Gasteiger charge is -1.98. The highest BCUT2D eigenvalue weighted by Crippen LogP contribution is 2.35. The van der Waals surface area contributed by atoms with E-state index in [1.54, 1.807) is 11.3 Å². The van der Waals surface area contributed by atoms with Crippen molar-refractivity contribution in [3.8, 4) is 0 Å². The summed E-state index contributed by atoms with van der Waals surface area (Å²) in [6.45, 7) is 2.04. The number of aryl methyl sites for hydroxylation is 1. The molecule has 0 aliphatic carbocycles. The van der Waals surface area contributed by atoms with Gasteiger partial charge < -0.3 is 5.73 Å². The van der Waals surface area contributed by atoms with Crippen molar-refractivity contribution >= 4 is 38.7 Å². The van der Waals surface area contributed by atoms with Gasteiger partial charge in [-0.3, -0.25) is 0 Å². The van der Waals surface area contributed by atoms with Crippen molar-refractivity contribution in [3.63, 3.8) is 0 Å². The van der Waals surface area contributed by atoms with Crippen LogP contribution in [0.15, 0.2) is 17.5 Å². The quantitative estimate of drug-likeness (QED) is 0.688. The predicted octanol–water partition coefficient (Wildman–Crippen LogP) is 3.45. The van der Waals surface area contributed by atoms with Gasteiger partial charge >= 0.3 is 0 Å². The van der Waals surface area contributed by atoms with E-state index in [2.05, 4.69) is 0 Å². The minimum Gasteiger partial charge on any atom is -0.398 e. The SMILES string of the molecule is Cc1ccc(Cl)c2scc(N)c12. The molecule has 1 aromatic carbocycles. The molecule has 1 nitrogen and oxygen atoms in total. The topological polar surface area (TPSA) is 26.0 Å². The number of halogens is 1. The van der Waals surface area contributed by atoms with Gasteiger partial charge in [-0.05, 0) is 18.6 Å². The van der Waals surface area contributed by atoms with Crippen molar-refractivity contribution in [2.24, 2.45) is 0 Å². The summed E-state index contributed by atoms with van der Waals surface area (Å²) in [5.41, 5.74) is 7.81. The molecule has 0 amide bonds. The number of thiophene rings is 1. The maximum absolute atomic E-state index is 6.00. The Hall–Kier alpha value is -0.730. The molecule has 2 N–H and O–H groups in total. The van der Waals surface area contributed by atoms with Gasteiger partial charge in [-0.1, -0.05) is 17.7 Å². The van der Waals surface area contributed by atoms with Gasteiger partial charge in [0.25, 0.3) is 0 Å². The van der Waals surface area contributed by atoms with E-state index in [0.29, 0.717) is 0 Å². The summed E-state index contributed by atoms with van der Waals surface area (Å²) >= 11 is 7.59. The van der Waals surface area contributed by atoms with Crippen molar-refractivity contribution in [1.82, 2.24) is 0 Å². The van der Waals surface area contributed by atoms with Crippen LogP contribution in [-0.2, 0) is 0 Å². The second kappa shape index (κ2) is 2.64. The first-order valence-corrected chi connectivity index (χ1v) is 4.87. The summed E-state index contributed by atoms with van der Waals surface area (Å²) in [4.78, 5) is 0. The summed E-state index contributed by atoms with van der Waals surface area (Å²) in [5, 5.41) is 3.83. The summed E-state index contributed by atoms with van der Waals surface area (Å²) in [7, 11) is 0. The highest BCUT2D eigenvalue weighted by Gasteiger charge is 2.06. The fourth-order valence-corrected chi connectivity index (χ4v) is 2.54. The molecule has 1 aromatic heterocycles. The van der Waals surface area contributed by atoms with Gasteiger partial charge in [0, 0.05) is 10.8 Å². The van der Waals surface area contributed by atoms with Gasteiger partial charge in [0.05, 0.1) is 15.4 Å². The molecule has 62 valence electrons. The second-order valence-electron chi connectivity index (χ2n) is 2.76. The second-order valence-corrected chi connectivity index (χ2v) is 4.05. The number of benzene rings is 1. The monoisotopic (exact) mass is 197 g/mol. The maximum atomic E-state index is 6.00. The number of anilines is 1. The van der Waals surface area contributed by atoms with Crippen molar-refractivity contribution in [3.05, 3.63) is 28.1 Å². The van der Waals surface area contributed by atoms with Crippen molar-refractivity contribution in [1.29, 1.82) is 0 Å². The van der Waals surface area contributed by atoms with Gasteiger partial charge in [-0.25, -0.2) is 0 Å². The standard InChI is InChI=1S/C9H8ClNS/c1-5-2-3-6(10)9-8(5)7(11)4-12-9/h2-4H,11H2,1H3. The molecule has 0 saturated carbocycles. The first-order chi connectivity index (χ1) is 5.70. The lowest BCUT2D eigenvalue weighted by atomic mass is 10.1. The molecule has 0 unspecified atom stereocenters. The molecule has 0 radical (unpaired) electrons. The van der Waals surface area contributed by atoms with Gasteiger partial charge in [0.15, 0.2) is 0 Å². The zero-order valence-electron chi connectivity index (χ0n) is 6.60. The van der Waals surface area contributed by atoms with Crippen LogP contribution in [0.4, 0.5) is 5.69 Å². The third-order valence-electron chi connectivity index (χ3n) is 1.91. The fraction of sp³-hybridized carbons (Fsp3) is 0.111. The molecule has 0 fully saturated rings. The molecule has 0 spiro atoms. The van der Waals surface area contributed by atoms with E-state index in [1.165, 1.54) is 5.56 Å². The van der Waals surface area contributed by atoms with E-state index in [-0.39, 0.29) is 0 Å². The van der Waals surface area contributed by atoms with E-state index >= 15 is 0 Å². The number of hydrogen-bond acceptors (Lipinski definition) is 2. The Morgan fingerprint density at radius 1 is 1.42 bits per heavy atom. The van der Waals surface area contributed by atoms with Crippen LogP contribution in [-0.4, -0.2) is 0 Å². The van der Waals surface area contributed by atoms with Crippen LogP contribution < -0.4 is 5.73 Å². The van der Waals surface area contributed by atoms with Crippen molar-refractivity contribution in [2.45, 2.75) is 6.92 Å². The lowest BCUT2D eigenvalue weighted by molar-refractivity contribution is 1.55. The zero-order chi connectivity index (χ0) is 8.72. The first kappa shape index (κ1) is 7.90. The Balaban J connectivity index is 2.98. The Kier molecular flexibility index (Phi) is 1.74. The van der Waals surface area contributed by atoms with Crippen LogP contribution in [0.3, 0.4) is 0 Å². The first-order valence-electron chi connectivity index (χ1n) is 3.62. The molecule has 3 heteroatoms. The smallest absolute Gasteiger partial charge is 0.0585 e. The maximum Gasteiger partial charge on any atom is 0.0585 e. The number of rotatable bonds is 0. The summed E-state index contributed by atoms with van der Waals surface area (Å²) in [6.07, 6.45) is 0. The van der Waals surface area contributed by atoms with Crippen LogP contribution in [0.25, 0.3) is 10.1 Å². The van der Waals surface area contributed by atoms with E-state index in [4.69, 9.17) is 17.3 Å². The van der Waals surface area contributed by atoms with Crippen LogP contribution in [0, 0.1) is 6.92 Å². The number of hydrogen-bond donors (Lipinski definition) is 1. The minimum absolute atomic E-state index is 0.789. The number of nitrogen functional groups attached to an aromatic ring is 1. The Morgan fingerprint density at radius 2 is 2.17 bits per heavy atom. The minimum atomic E-state index is 0.789. The van der Waals surface area contributed by atoms with Crippen LogP contribution in [0.1, 0.15) is 5.56 Å². The third-order valence-corrected chi connectivity index (χ3v) is 3.37. The highest BCUT2D eigenvalue weighted by atomic mass is 35.5. The van der Waals surface area contributed by atoms with Crippen molar-refractivity contribution < 1.29 is 0 Å². The van der Waals surface area contributed by atoms with Crippen LogP contribution >= 0.6 is 22.9 Å². The molecule has 0 saturated heterocycles. The van der Waals surface area contributed by atoms with Gasteiger partial charge in [-0.2, -0.15) is 0 Å². The highest BCUT2D eigenvalue weighted by molar-refractivity contribution is 7.18. The summed E-state index contributed by atoms with van der Waals surface area (Å²) < 4.78 is 1.09. The molecule has 0 aliphatic rings. The molecule has 0 atom stereocenters. The van der Waals surface area contributed by atoms with Crippen LogP contribution in [0.2, 0.25) is 5.02 Å². The van der Waals surface area contributed by atoms with Gasteiger partial charge in [0.2, 0.25) is 0 Å². The molecule has 2 rings (SSSR count). The summed E-state index contributed by atoms with van der Waals surface area (Å²) in [5.74, 6) is 0. The molecule has 0 bridgehead atoms. The third kappa shape index (κ3) is 0.993. The van der Waals surface area contributed by atoms with E-state index in [0.717, 1.165) is 20.8 Å². The number of nitrogens with two attached hydrogens (primary N) is 1. The molecule has 2 aromatic rings. The predicted molar refractivity (Wildman–Crippen MR) is 56.0 cm³/mol. The molecule has 12 heavy (non-hydrogen) atoms. The van der Waals surface area contributed by atoms with Crippen molar-refractivity contribution in [2.75, 3.05) is 5.73 Å². The Morgan fingerprint density at radius 3 is 2.83 bits per heavy atom. The van der Waals surface area contributed by atoms with Gasteiger partial charge in [-0.15, -0.1) is 11.3 Å². The van der Waals surface area contributed by atoms with Crippen LogP contribution in [0.5, 0.6) is 0 Å². The average molecular weight is 198 g/mol. The number of fused-ring (bicyclic) bond motifs is 1. The average Bonchev–Trinajstić information content (AvgIpc) is 2.42. The molecule has 0 aliphatic heterocycles. The summed E-state index contributed by atoms with van der Waals surface area (Å²) in [6, 6.07) is 3.91. The Bertz CT molecular complexity index is 433. The van der Waals surface area contributed by atoms with Gasteiger partial charge in [0.1, 0.15) is 0 Å². The molecular weight excluding hydrogens is 190 g/mol. The molecule has 1 heterocycles. The molecular formula is C9H8ClNS. The van der Waals surface area contributed by atoms with E-state index < -0.39 is 0 Å².